The van der Waals surface area contributed by atoms with Gasteiger partial charge in [0.1, 0.15) is 6.61 Å². The van der Waals surface area contributed by atoms with Gasteiger partial charge in [-0.3, -0.25) is 9.63 Å². The van der Waals surface area contributed by atoms with Crippen LogP contribution in [-0.4, -0.2) is 43.6 Å². The summed E-state index contributed by atoms with van der Waals surface area (Å²) in [6.45, 7) is 4.26. The van der Waals surface area contributed by atoms with Crippen molar-refractivity contribution in [2.45, 2.75) is 25.8 Å². The fraction of sp³-hybridized carbons (Fsp3) is 0.900. The lowest BCUT2D eigenvalue weighted by atomic mass is 9.92. The van der Waals surface area contributed by atoms with Gasteiger partial charge in [-0.15, -0.1) is 0 Å². The van der Waals surface area contributed by atoms with Gasteiger partial charge in [-0.2, -0.15) is 5.48 Å². The van der Waals surface area contributed by atoms with Gasteiger partial charge in [-0.1, -0.05) is 0 Å². The number of rotatable bonds is 5. The molecule has 1 fully saturated rings. The number of nitrogens with one attached hydrogen (secondary N) is 1. The lowest BCUT2D eigenvalue weighted by Crippen LogP contribution is -2.43. The molecule has 1 aliphatic heterocycles. The fourth-order valence-corrected chi connectivity index (χ4v) is 1.95. The summed E-state index contributed by atoms with van der Waals surface area (Å²) in [7, 11) is 2.13. The van der Waals surface area contributed by atoms with Crippen LogP contribution < -0.4 is 11.2 Å². The van der Waals surface area contributed by atoms with E-state index in [4.69, 9.17) is 10.6 Å². The summed E-state index contributed by atoms with van der Waals surface area (Å²) in [6, 6.07) is 0.257. The van der Waals surface area contributed by atoms with Crippen molar-refractivity contribution in [3.05, 3.63) is 0 Å². The zero-order valence-electron chi connectivity index (χ0n) is 9.53. The third kappa shape index (κ3) is 4.59. The van der Waals surface area contributed by atoms with Gasteiger partial charge in [0.2, 0.25) is 5.91 Å². The molecule has 1 saturated heterocycles. The van der Waals surface area contributed by atoms with Gasteiger partial charge in [0.25, 0.3) is 0 Å². The predicted octanol–water partition coefficient (Wildman–Crippen LogP) is -0.277. The van der Waals surface area contributed by atoms with Crippen molar-refractivity contribution in [2.75, 3.05) is 26.7 Å². The van der Waals surface area contributed by atoms with E-state index in [0.29, 0.717) is 5.92 Å². The van der Waals surface area contributed by atoms with Crippen LogP contribution in [0.25, 0.3) is 0 Å². The summed E-state index contributed by atoms with van der Waals surface area (Å²) in [5, 5.41) is 0. The van der Waals surface area contributed by atoms with E-state index in [0.717, 1.165) is 6.54 Å². The second-order valence-electron chi connectivity index (χ2n) is 4.33. The maximum absolute atomic E-state index is 10.5. The Balaban J connectivity index is 2.20. The summed E-state index contributed by atoms with van der Waals surface area (Å²) in [5.41, 5.74) is 7.84. The van der Waals surface area contributed by atoms with Crippen LogP contribution in [0.15, 0.2) is 0 Å². The highest BCUT2D eigenvalue weighted by molar-refractivity contribution is 5.74. The Morgan fingerprint density at radius 1 is 1.73 bits per heavy atom. The highest BCUT2D eigenvalue weighted by Crippen LogP contribution is 2.18. The normalized spacial score (nSPS) is 25.1. The van der Waals surface area contributed by atoms with Crippen molar-refractivity contribution in [1.29, 1.82) is 0 Å². The zero-order valence-corrected chi connectivity index (χ0v) is 9.53. The first-order valence-corrected chi connectivity index (χ1v) is 5.43. The third-order valence-corrected chi connectivity index (χ3v) is 2.85. The molecule has 0 saturated carbocycles. The maximum Gasteiger partial charge on any atom is 0.245 e. The van der Waals surface area contributed by atoms with Crippen molar-refractivity contribution in [3.63, 3.8) is 0 Å². The lowest BCUT2D eigenvalue weighted by molar-refractivity contribution is -0.126. The molecule has 0 spiro atoms. The van der Waals surface area contributed by atoms with E-state index in [9.17, 15) is 4.79 Å². The molecule has 5 heteroatoms. The first kappa shape index (κ1) is 12.4. The molecular formula is C10H21N3O2. The van der Waals surface area contributed by atoms with Crippen LogP contribution in [0.1, 0.15) is 19.8 Å². The smallest absolute Gasteiger partial charge is 0.245 e. The van der Waals surface area contributed by atoms with E-state index in [1.54, 1.807) is 0 Å². The van der Waals surface area contributed by atoms with Gasteiger partial charge in [0.15, 0.2) is 0 Å². The molecule has 1 aliphatic rings. The Morgan fingerprint density at radius 2 is 2.47 bits per heavy atom. The number of hydrogen-bond donors (Lipinski definition) is 2. The molecule has 2 atom stereocenters. The Bertz CT molecular complexity index is 211. The monoisotopic (exact) mass is 215 g/mol. The maximum atomic E-state index is 10.5. The van der Waals surface area contributed by atoms with Gasteiger partial charge in [-0.25, -0.2) is 0 Å². The van der Waals surface area contributed by atoms with Crippen LogP contribution in [-0.2, 0) is 9.63 Å². The predicted molar refractivity (Wildman–Crippen MR) is 58.0 cm³/mol. The fourth-order valence-electron chi connectivity index (χ4n) is 1.95. The lowest BCUT2D eigenvalue weighted by Gasteiger charge is -2.33. The molecule has 0 aromatic rings. The van der Waals surface area contributed by atoms with E-state index >= 15 is 0 Å². The highest BCUT2D eigenvalue weighted by atomic mass is 16.6. The van der Waals surface area contributed by atoms with E-state index < -0.39 is 5.91 Å². The summed E-state index contributed by atoms with van der Waals surface area (Å²) < 4.78 is 0. The van der Waals surface area contributed by atoms with Crippen LogP contribution >= 0.6 is 0 Å². The molecule has 0 bridgehead atoms. The average molecular weight is 215 g/mol. The van der Waals surface area contributed by atoms with E-state index in [1.807, 2.05) is 0 Å². The number of carbonyl (C=O) groups excluding carboxylic acids is 1. The van der Waals surface area contributed by atoms with Gasteiger partial charge < -0.3 is 10.6 Å². The summed E-state index contributed by atoms with van der Waals surface area (Å²) >= 11 is 0. The number of carbonyl (C=O) groups is 1. The number of amides is 1. The van der Waals surface area contributed by atoms with Crippen molar-refractivity contribution in [2.24, 2.45) is 11.7 Å². The molecule has 5 nitrogen and oxygen atoms in total. The quantitative estimate of drug-likeness (QED) is 0.619. The molecule has 15 heavy (non-hydrogen) atoms. The Labute approximate surface area is 90.9 Å². The first-order chi connectivity index (χ1) is 7.09. The molecule has 1 rings (SSSR count). The van der Waals surface area contributed by atoms with Crippen molar-refractivity contribution >= 4 is 5.91 Å². The van der Waals surface area contributed by atoms with Gasteiger partial charge in [0, 0.05) is 12.6 Å². The number of piperidine rings is 1. The summed E-state index contributed by atoms with van der Waals surface area (Å²) in [5.74, 6) is 0.132. The minimum absolute atomic E-state index is 0.0626. The number of primary amides is 1. The molecule has 0 aliphatic carbocycles. The third-order valence-electron chi connectivity index (χ3n) is 2.85. The Kier molecular flexibility index (Phi) is 5.01. The molecule has 0 aromatic carbocycles. The summed E-state index contributed by atoms with van der Waals surface area (Å²) in [4.78, 5) is 17.8. The van der Waals surface area contributed by atoms with Crippen LogP contribution in [0.2, 0.25) is 0 Å². The standard InChI is InChI=1S/C10H21N3O2/c1-8(12-15-7-10(11)14)9-4-3-5-13(2)6-9/h8-9,12H,3-7H2,1-2H3,(H2,11,14). The molecule has 3 N–H and O–H groups in total. The van der Waals surface area contributed by atoms with E-state index in [-0.39, 0.29) is 12.6 Å². The number of nitrogens with zero attached hydrogens (tertiary/aromatic N) is 1. The minimum atomic E-state index is -0.449. The number of hydrogen-bond acceptors (Lipinski definition) is 4. The molecule has 88 valence electrons. The average Bonchev–Trinajstić information content (AvgIpc) is 2.17. The second kappa shape index (κ2) is 6.05. The topological polar surface area (TPSA) is 67.6 Å². The number of likely N-dealkylation sites (tertiary alicyclic amines) is 1. The highest BCUT2D eigenvalue weighted by Gasteiger charge is 2.22. The van der Waals surface area contributed by atoms with Gasteiger partial charge in [-0.05, 0) is 39.3 Å². The minimum Gasteiger partial charge on any atom is -0.368 e. The van der Waals surface area contributed by atoms with Crippen molar-refractivity contribution < 1.29 is 9.63 Å². The van der Waals surface area contributed by atoms with Crippen LogP contribution in [0.3, 0.4) is 0 Å². The van der Waals surface area contributed by atoms with Gasteiger partial charge in [0.05, 0.1) is 0 Å². The van der Waals surface area contributed by atoms with Crippen LogP contribution in [0.5, 0.6) is 0 Å². The van der Waals surface area contributed by atoms with Crippen molar-refractivity contribution in [3.8, 4) is 0 Å². The molecule has 0 radical (unpaired) electrons. The van der Waals surface area contributed by atoms with Gasteiger partial charge >= 0.3 is 0 Å². The Hall–Kier alpha value is -0.650. The zero-order chi connectivity index (χ0) is 11.3. The van der Waals surface area contributed by atoms with Crippen LogP contribution in [0, 0.1) is 5.92 Å². The molecule has 1 heterocycles. The first-order valence-electron chi connectivity index (χ1n) is 5.43. The summed E-state index contributed by atoms with van der Waals surface area (Å²) in [6.07, 6.45) is 2.43. The SMILES string of the molecule is CC(NOCC(N)=O)C1CCCN(C)C1. The second-order valence-corrected chi connectivity index (χ2v) is 4.33. The van der Waals surface area contributed by atoms with E-state index in [1.165, 1.54) is 19.4 Å². The molecule has 1 amide bonds. The van der Waals surface area contributed by atoms with Crippen molar-refractivity contribution in [1.82, 2.24) is 10.4 Å². The molecular weight excluding hydrogens is 194 g/mol. The molecule has 0 aromatic heterocycles. The largest absolute Gasteiger partial charge is 0.368 e. The molecule has 2 unspecified atom stereocenters. The van der Waals surface area contributed by atoms with E-state index in [2.05, 4.69) is 24.4 Å². The van der Waals surface area contributed by atoms with Crippen LogP contribution in [0.4, 0.5) is 0 Å². The Morgan fingerprint density at radius 3 is 3.07 bits per heavy atom. The number of nitrogens with two attached hydrogens (primary N) is 1. The number of hydroxylamine groups is 1.